The van der Waals surface area contributed by atoms with Gasteiger partial charge in [-0.2, -0.15) is 0 Å². The summed E-state index contributed by atoms with van der Waals surface area (Å²) in [5, 5.41) is 11.3. The zero-order valence-corrected chi connectivity index (χ0v) is 11.4. The lowest BCUT2D eigenvalue weighted by Crippen LogP contribution is -2.01. The van der Waals surface area contributed by atoms with Crippen molar-refractivity contribution in [3.05, 3.63) is 68.5 Å². The average molecular weight is 296 g/mol. The van der Waals surface area contributed by atoms with E-state index in [0.29, 0.717) is 21.9 Å². The maximum Gasteiger partial charge on any atom is 0.276 e. The zero-order valence-electron chi connectivity index (χ0n) is 10.6. The minimum absolute atomic E-state index is 0.0106. The molecule has 0 aromatic heterocycles. The van der Waals surface area contributed by atoms with Gasteiger partial charge in [-0.1, -0.05) is 11.6 Å². The first-order valence-corrected chi connectivity index (χ1v) is 6.17. The van der Waals surface area contributed by atoms with E-state index in [1.165, 1.54) is 36.4 Å². The van der Waals surface area contributed by atoms with Crippen molar-refractivity contribution < 1.29 is 14.1 Å². The van der Waals surface area contributed by atoms with Crippen LogP contribution in [0.25, 0.3) is 0 Å². The van der Waals surface area contributed by atoms with Crippen LogP contribution < -0.4 is 4.74 Å². The summed E-state index contributed by atoms with van der Waals surface area (Å²) in [5.41, 5.74) is 0.926. The molecule has 2 rings (SSSR count). The van der Waals surface area contributed by atoms with Crippen molar-refractivity contribution in [2.75, 3.05) is 0 Å². The summed E-state index contributed by atoms with van der Waals surface area (Å²) in [6.07, 6.45) is 0. The van der Waals surface area contributed by atoms with E-state index in [4.69, 9.17) is 16.3 Å². The van der Waals surface area contributed by atoms with Gasteiger partial charge < -0.3 is 4.74 Å². The molecule has 0 saturated heterocycles. The van der Waals surface area contributed by atoms with Crippen LogP contribution in [-0.4, -0.2) is 4.92 Å². The van der Waals surface area contributed by atoms with E-state index in [-0.39, 0.29) is 18.1 Å². The molecule has 0 atom stereocenters. The molecule has 0 heterocycles. The van der Waals surface area contributed by atoms with Crippen molar-refractivity contribution in [3.8, 4) is 5.75 Å². The van der Waals surface area contributed by atoms with E-state index in [1.54, 1.807) is 6.92 Å². The third-order valence-electron chi connectivity index (χ3n) is 2.76. The second-order valence-electron chi connectivity index (χ2n) is 4.23. The third kappa shape index (κ3) is 3.24. The Morgan fingerprint density at radius 1 is 1.30 bits per heavy atom. The molecule has 0 spiro atoms. The smallest absolute Gasteiger partial charge is 0.276 e. The molecular formula is C14H11ClFNO3. The van der Waals surface area contributed by atoms with Crippen LogP contribution in [0.3, 0.4) is 0 Å². The Labute approximate surface area is 119 Å². The molecular weight excluding hydrogens is 285 g/mol. The predicted molar refractivity (Wildman–Crippen MR) is 73.6 cm³/mol. The van der Waals surface area contributed by atoms with Crippen LogP contribution in [0.15, 0.2) is 36.4 Å². The number of benzene rings is 2. The first-order valence-electron chi connectivity index (χ1n) is 5.79. The SMILES string of the molecule is Cc1cc(F)ccc1OCc1cc(Cl)ccc1[N+](=O)[O-]. The highest BCUT2D eigenvalue weighted by molar-refractivity contribution is 6.30. The molecule has 0 aliphatic carbocycles. The number of nitro benzene ring substituents is 1. The van der Waals surface area contributed by atoms with E-state index < -0.39 is 4.92 Å². The lowest BCUT2D eigenvalue weighted by Gasteiger charge is -2.09. The van der Waals surface area contributed by atoms with Gasteiger partial charge in [-0.15, -0.1) is 0 Å². The van der Waals surface area contributed by atoms with Crippen LogP contribution in [0.5, 0.6) is 5.75 Å². The summed E-state index contributed by atoms with van der Waals surface area (Å²) >= 11 is 5.83. The van der Waals surface area contributed by atoms with E-state index in [9.17, 15) is 14.5 Å². The number of hydrogen-bond donors (Lipinski definition) is 0. The first-order chi connectivity index (χ1) is 9.47. The first kappa shape index (κ1) is 14.3. The molecule has 2 aromatic rings. The number of nitro groups is 1. The minimum atomic E-state index is -0.494. The largest absolute Gasteiger partial charge is 0.488 e. The number of hydrogen-bond acceptors (Lipinski definition) is 3. The van der Waals surface area contributed by atoms with Gasteiger partial charge in [0.2, 0.25) is 0 Å². The molecule has 0 bridgehead atoms. The Hall–Kier alpha value is -2.14. The molecule has 0 aliphatic heterocycles. The normalized spacial score (nSPS) is 10.3. The molecule has 6 heteroatoms. The van der Waals surface area contributed by atoms with Crippen molar-refractivity contribution in [1.82, 2.24) is 0 Å². The number of nitrogens with zero attached hydrogens (tertiary/aromatic N) is 1. The Morgan fingerprint density at radius 3 is 2.70 bits per heavy atom. The van der Waals surface area contributed by atoms with Crippen molar-refractivity contribution in [2.24, 2.45) is 0 Å². The fourth-order valence-corrected chi connectivity index (χ4v) is 1.97. The molecule has 0 N–H and O–H groups in total. The van der Waals surface area contributed by atoms with Crippen LogP contribution in [0, 0.1) is 22.9 Å². The molecule has 0 saturated carbocycles. The van der Waals surface area contributed by atoms with Gasteiger partial charge in [-0.05, 0) is 42.8 Å². The third-order valence-corrected chi connectivity index (χ3v) is 2.99. The maximum absolute atomic E-state index is 13.0. The highest BCUT2D eigenvalue weighted by Crippen LogP contribution is 2.25. The predicted octanol–water partition coefficient (Wildman–Crippen LogP) is 4.27. The Bertz CT molecular complexity index is 661. The van der Waals surface area contributed by atoms with Gasteiger partial charge in [0.1, 0.15) is 18.2 Å². The molecule has 0 amide bonds. The summed E-state index contributed by atoms with van der Waals surface area (Å²) in [6.45, 7) is 1.69. The second-order valence-corrected chi connectivity index (χ2v) is 4.67. The van der Waals surface area contributed by atoms with Gasteiger partial charge in [0.25, 0.3) is 5.69 Å². The van der Waals surface area contributed by atoms with Crippen molar-refractivity contribution in [1.29, 1.82) is 0 Å². The van der Waals surface area contributed by atoms with Gasteiger partial charge in [-0.3, -0.25) is 10.1 Å². The summed E-state index contributed by atoms with van der Waals surface area (Å²) in [7, 11) is 0. The second kappa shape index (κ2) is 5.88. The highest BCUT2D eigenvalue weighted by atomic mass is 35.5. The Morgan fingerprint density at radius 2 is 2.05 bits per heavy atom. The molecule has 104 valence electrons. The van der Waals surface area contributed by atoms with Crippen molar-refractivity contribution in [3.63, 3.8) is 0 Å². The fourth-order valence-electron chi connectivity index (χ4n) is 1.78. The van der Waals surface area contributed by atoms with Crippen molar-refractivity contribution >= 4 is 17.3 Å². The maximum atomic E-state index is 13.0. The molecule has 0 fully saturated rings. The fraction of sp³-hybridized carbons (Fsp3) is 0.143. The molecule has 0 aliphatic rings. The van der Waals surface area contributed by atoms with Crippen molar-refractivity contribution in [2.45, 2.75) is 13.5 Å². The number of aryl methyl sites for hydroxylation is 1. The van der Waals surface area contributed by atoms with E-state index >= 15 is 0 Å². The average Bonchev–Trinajstić information content (AvgIpc) is 2.37. The Kier molecular flexibility index (Phi) is 4.20. The highest BCUT2D eigenvalue weighted by Gasteiger charge is 2.14. The van der Waals surface area contributed by atoms with Crippen LogP contribution in [-0.2, 0) is 6.61 Å². The number of halogens is 2. The van der Waals surface area contributed by atoms with Gasteiger partial charge >= 0.3 is 0 Å². The quantitative estimate of drug-likeness (QED) is 0.625. The Balaban J connectivity index is 2.22. The lowest BCUT2D eigenvalue weighted by atomic mass is 10.2. The zero-order chi connectivity index (χ0) is 14.7. The van der Waals surface area contributed by atoms with Crippen LogP contribution in [0.2, 0.25) is 5.02 Å². The van der Waals surface area contributed by atoms with Gasteiger partial charge in [0.05, 0.1) is 10.5 Å². The molecule has 4 nitrogen and oxygen atoms in total. The summed E-state index contributed by atoms with van der Waals surface area (Å²) in [5.74, 6) is 0.115. The standard InChI is InChI=1S/C14H11ClFNO3/c1-9-6-12(16)3-5-14(9)20-8-10-7-11(15)2-4-13(10)17(18)19/h2-7H,8H2,1H3. The summed E-state index contributed by atoms with van der Waals surface area (Å²) < 4.78 is 18.5. The minimum Gasteiger partial charge on any atom is -0.488 e. The summed E-state index contributed by atoms with van der Waals surface area (Å²) in [6, 6.07) is 8.36. The molecule has 0 radical (unpaired) electrons. The van der Waals surface area contributed by atoms with Crippen LogP contribution >= 0.6 is 11.6 Å². The van der Waals surface area contributed by atoms with Crippen LogP contribution in [0.4, 0.5) is 10.1 Å². The van der Waals surface area contributed by atoms with E-state index in [1.807, 2.05) is 0 Å². The van der Waals surface area contributed by atoms with Crippen LogP contribution in [0.1, 0.15) is 11.1 Å². The van der Waals surface area contributed by atoms with Gasteiger partial charge in [0.15, 0.2) is 0 Å². The number of rotatable bonds is 4. The van der Waals surface area contributed by atoms with Gasteiger partial charge in [0, 0.05) is 11.1 Å². The molecule has 0 unspecified atom stereocenters. The monoisotopic (exact) mass is 295 g/mol. The van der Waals surface area contributed by atoms with E-state index in [2.05, 4.69) is 0 Å². The number of ether oxygens (including phenoxy) is 1. The molecule has 20 heavy (non-hydrogen) atoms. The lowest BCUT2D eigenvalue weighted by molar-refractivity contribution is -0.385. The summed E-state index contributed by atoms with van der Waals surface area (Å²) in [4.78, 5) is 10.4. The molecule has 2 aromatic carbocycles. The topological polar surface area (TPSA) is 52.4 Å². The van der Waals surface area contributed by atoms with Gasteiger partial charge in [-0.25, -0.2) is 4.39 Å². The van der Waals surface area contributed by atoms with E-state index in [0.717, 1.165) is 0 Å².